The van der Waals surface area contributed by atoms with Crippen LogP contribution in [0.25, 0.3) is 0 Å². The van der Waals surface area contributed by atoms with Crippen LogP contribution in [0.2, 0.25) is 0 Å². The summed E-state index contributed by atoms with van der Waals surface area (Å²) >= 11 is 0. The fraction of sp³-hybridized carbons (Fsp3) is 1.00. The normalized spacial score (nSPS) is 16.5. The summed E-state index contributed by atoms with van der Waals surface area (Å²) in [6.07, 6.45) is 1.08. The van der Waals surface area contributed by atoms with Gasteiger partial charge in [0.1, 0.15) is 0 Å². The van der Waals surface area contributed by atoms with Crippen LogP contribution >= 0.6 is 0 Å². The van der Waals surface area contributed by atoms with E-state index in [9.17, 15) is 5.11 Å². The molecule has 0 amide bonds. The zero-order valence-corrected chi connectivity index (χ0v) is 8.32. The number of aliphatic hydroxyl groups excluding tert-OH is 2. The van der Waals surface area contributed by atoms with E-state index in [2.05, 4.69) is 0 Å². The highest BCUT2D eigenvalue weighted by Crippen LogP contribution is 1.97. The molecule has 0 saturated carbocycles. The van der Waals surface area contributed by atoms with Gasteiger partial charge in [-0.1, -0.05) is 6.92 Å². The molecule has 0 rings (SSSR count). The highest BCUT2D eigenvalue weighted by Gasteiger charge is 2.06. The molecule has 0 aromatic heterocycles. The van der Waals surface area contributed by atoms with Gasteiger partial charge in [-0.15, -0.1) is 0 Å². The first-order chi connectivity index (χ1) is 5.56. The van der Waals surface area contributed by atoms with Gasteiger partial charge in [0.15, 0.2) is 0 Å². The van der Waals surface area contributed by atoms with Gasteiger partial charge in [-0.3, -0.25) is 0 Å². The average Bonchev–Trinajstić information content (AvgIpc) is 2.00. The predicted molar refractivity (Wildman–Crippen MR) is 50.1 cm³/mol. The number of nitrogens with zero attached hydrogens (tertiary/aromatic N) is 1. The van der Waals surface area contributed by atoms with Gasteiger partial charge in [0.25, 0.3) is 0 Å². The number of aliphatic hydroxyl groups is 2. The average molecular weight is 175 g/mol. The quantitative estimate of drug-likeness (QED) is 0.616. The summed E-state index contributed by atoms with van der Waals surface area (Å²) in [7, 11) is 1.96. The van der Waals surface area contributed by atoms with E-state index in [4.69, 9.17) is 5.11 Å². The summed E-state index contributed by atoms with van der Waals surface area (Å²) in [4.78, 5) is 2.04. The minimum atomic E-state index is -0.244. The van der Waals surface area contributed by atoms with Gasteiger partial charge in [-0.05, 0) is 26.8 Å². The van der Waals surface area contributed by atoms with Crippen LogP contribution in [0.15, 0.2) is 0 Å². The topological polar surface area (TPSA) is 43.7 Å². The fourth-order valence-electron chi connectivity index (χ4n) is 0.987. The maximum absolute atomic E-state index is 9.29. The number of likely N-dealkylation sites (N-methyl/N-ethyl adjacent to an activating group) is 1. The van der Waals surface area contributed by atoms with E-state index in [1.54, 1.807) is 6.92 Å². The molecule has 2 atom stereocenters. The van der Waals surface area contributed by atoms with Crippen molar-refractivity contribution in [2.75, 3.05) is 20.1 Å². The Balaban J connectivity index is 3.39. The van der Waals surface area contributed by atoms with Gasteiger partial charge in [-0.25, -0.2) is 0 Å². The molecule has 0 aliphatic carbocycles. The maximum Gasteiger partial charge on any atom is 0.0664 e. The Hall–Kier alpha value is -0.120. The second kappa shape index (κ2) is 6.40. The van der Waals surface area contributed by atoms with Crippen molar-refractivity contribution >= 4 is 0 Å². The first kappa shape index (κ1) is 11.9. The lowest BCUT2D eigenvalue weighted by atomic mass is 10.2. The van der Waals surface area contributed by atoms with E-state index in [0.29, 0.717) is 6.54 Å². The zero-order valence-electron chi connectivity index (χ0n) is 8.32. The summed E-state index contributed by atoms with van der Waals surface area (Å²) < 4.78 is 0. The van der Waals surface area contributed by atoms with E-state index in [-0.39, 0.29) is 12.2 Å². The van der Waals surface area contributed by atoms with Crippen molar-refractivity contribution in [3.63, 3.8) is 0 Å². The van der Waals surface area contributed by atoms with Gasteiger partial charge < -0.3 is 15.1 Å². The van der Waals surface area contributed by atoms with E-state index >= 15 is 0 Å². The minimum absolute atomic E-state index is 0.232. The van der Waals surface area contributed by atoms with Crippen LogP contribution in [-0.2, 0) is 0 Å². The van der Waals surface area contributed by atoms with Crippen molar-refractivity contribution in [1.82, 2.24) is 4.90 Å². The SMILES string of the molecule is CCC(O)CN(C)CCC(C)O. The lowest BCUT2D eigenvalue weighted by Gasteiger charge is -2.20. The Morgan fingerprint density at radius 2 is 1.92 bits per heavy atom. The Morgan fingerprint density at radius 1 is 1.33 bits per heavy atom. The molecule has 0 aromatic rings. The van der Waals surface area contributed by atoms with Gasteiger partial charge in [-0.2, -0.15) is 0 Å². The van der Waals surface area contributed by atoms with Crippen LogP contribution in [-0.4, -0.2) is 47.5 Å². The third-order valence-electron chi connectivity index (χ3n) is 1.92. The van der Waals surface area contributed by atoms with Crippen molar-refractivity contribution in [3.05, 3.63) is 0 Å². The molecule has 74 valence electrons. The summed E-state index contributed by atoms with van der Waals surface area (Å²) in [6, 6.07) is 0. The van der Waals surface area contributed by atoms with Crippen LogP contribution in [0, 0.1) is 0 Å². The monoisotopic (exact) mass is 175 g/mol. The van der Waals surface area contributed by atoms with Crippen LogP contribution in [0.4, 0.5) is 0 Å². The molecule has 3 nitrogen and oxygen atoms in total. The number of hydrogen-bond donors (Lipinski definition) is 2. The molecule has 0 aliphatic heterocycles. The van der Waals surface area contributed by atoms with E-state index < -0.39 is 0 Å². The molecule has 0 spiro atoms. The van der Waals surface area contributed by atoms with Crippen LogP contribution in [0.3, 0.4) is 0 Å². The largest absolute Gasteiger partial charge is 0.393 e. The third-order valence-corrected chi connectivity index (χ3v) is 1.92. The molecule has 0 radical (unpaired) electrons. The Labute approximate surface area is 75.0 Å². The molecular weight excluding hydrogens is 154 g/mol. The van der Waals surface area contributed by atoms with Gasteiger partial charge in [0, 0.05) is 13.1 Å². The van der Waals surface area contributed by atoms with Crippen LogP contribution < -0.4 is 0 Å². The first-order valence-corrected chi connectivity index (χ1v) is 4.61. The molecule has 2 N–H and O–H groups in total. The van der Waals surface area contributed by atoms with Gasteiger partial charge >= 0.3 is 0 Å². The molecule has 0 bridgehead atoms. The first-order valence-electron chi connectivity index (χ1n) is 4.61. The Bertz CT molecular complexity index is 107. The van der Waals surface area contributed by atoms with E-state index in [0.717, 1.165) is 19.4 Å². The predicted octanol–water partition coefficient (Wildman–Crippen LogP) is 0.460. The molecular formula is C9H21NO2. The Morgan fingerprint density at radius 3 is 2.33 bits per heavy atom. The smallest absolute Gasteiger partial charge is 0.0664 e. The van der Waals surface area contributed by atoms with E-state index in [1.807, 2.05) is 18.9 Å². The summed E-state index contributed by atoms with van der Waals surface area (Å²) in [5.74, 6) is 0. The number of hydrogen-bond acceptors (Lipinski definition) is 3. The van der Waals surface area contributed by atoms with Gasteiger partial charge in [0.2, 0.25) is 0 Å². The molecule has 12 heavy (non-hydrogen) atoms. The van der Waals surface area contributed by atoms with Crippen molar-refractivity contribution in [2.45, 2.75) is 38.9 Å². The maximum atomic E-state index is 9.29. The summed E-state index contributed by atoms with van der Waals surface area (Å²) in [6.45, 7) is 5.29. The molecule has 0 saturated heterocycles. The van der Waals surface area contributed by atoms with Crippen molar-refractivity contribution in [2.24, 2.45) is 0 Å². The molecule has 2 unspecified atom stereocenters. The lowest BCUT2D eigenvalue weighted by molar-refractivity contribution is 0.108. The Kier molecular flexibility index (Phi) is 6.34. The van der Waals surface area contributed by atoms with Crippen molar-refractivity contribution in [3.8, 4) is 0 Å². The van der Waals surface area contributed by atoms with Crippen LogP contribution in [0.5, 0.6) is 0 Å². The fourth-order valence-corrected chi connectivity index (χ4v) is 0.987. The minimum Gasteiger partial charge on any atom is -0.393 e. The zero-order chi connectivity index (χ0) is 9.56. The van der Waals surface area contributed by atoms with Crippen molar-refractivity contribution < 1.29 is 10.2 Å². The van der Waals surface area contributed by atoms with Crippen molar-refractivity contribution in [1.29, 1.82) is 0 Å². The standard InChI is InChI=1S/C9H21NO2/c1-4-9(12)7-10(3)6-5-8(2)11/h8-9,11-12H,4-7H2,1-3H3. The van der Waals surface area contributed by atoms with Gasteiger partial charge in [0.05, 0.1) is 12.2 Å². The molecule has 0 heterocycles. The summed E-state index contributed by atoms with van der Waals surface area (Å²) in [5.41, 5.74) is 0. The highest BCUT2D eigenvalue weighted by molar-refractivity contribution is 4.60. The molecule has 0 fully saturated rings. The highest BCUT2D eigenvalue weighted by atomic mass is 16.3. The number of rotatable bonds is 6. The van der Waals surface area contributed by atoms with E-state index in [1.165, 1.54) is 0 Å². The van der Waals surface area contributed by atoms with Crippen LogP contribution in [0.1, 0.15) is 26.7 Å². The second-order valence-electron chi connectivity index (χ2n) is 3.46. The second-order valence-corrected chi connectivity index (χ2v) is 3.46. The summed E-state index contributed by atoms with van der Waals surface area (Å²) in [5, 5.41) is 18.3. The third kappa shape index (κ3) is 6.58. The molecule has 3 heteroatoms. The molecule has 0 aliphatic rings. The molecule has 0 aromatic carbocycles. The lowest BCUT2D eigenvalue weighted by Crippen LogP contribution is -2.30.